The van der Waals surface area contributed by atoms with Crippen molar-refractivity contribution in [3.05, 3.63) is 35.9 Å². The van der Waals surface area contributed by atoms with Crippen molar-refractivity contribution in [2.24, 2.45) is 0 Å². The largest absolute Gasteiger partial charge is 0.463 e. The van der Waals surface area contributed by atoms with Crippen molar-refractivity contribution in [1.29, 1.82) is 0 Å². The minimum atomic E-state index is -0.112. The van der Waals surface area contributed by atoms with Crippen LogP contribution in [0.5, 0.6) is 0 Å². The van der Waals surface area contributed by atoms with E-state index in [0.717, 1.165) is 24.8 Å². The van der Waals surface area contributed by atoms with E-state index in [1.54, 1.807) is 0 Å². The van der Waals surface area contributed by atoms with Gasteiger partial charge in [0.05, 0.1) is 12.0 Å². The zero-order valence-corrected chi connectivity index (χ0v) is 11.0. The third-order valence-corrected chi connectivity index (χ3v) is 2.68. The van der Waals surface area contributed by atoms with Gasteiger partial charge < -0.3 is 4.74 Å². The first kappa shape index (κ1) is 13.8. The molecule has 1 aromatic carbocycles. The van der Waals surface area contributed by atoms with Crippen molar-refractivity contribution in [2.45, 2.75) is 52.1 Å². The van der Waals surface area contributed by atoms with Gasteiger partial charge >= 0.3 is 5.97 Å². The molecule has 2 nitrogen and oxygen atoms in total. The zero-order chi connectivity index (χ0) is 12.7. The van der Waals surface area contributed by atoms with Crippen LogP contribution in [0.1, 0.15) is 51.5 Å². The lowest BCUT2D eigenvalue weighted by Crippen LogP contribution is -2.19. The molecule has 0 fully saturated rings. The summed E-state index contributed by atoms with van der Waals surface area (Å²) >= 11 is 0. The molecular weight excluding hydrogens is 212 g/mol. The molecule has 0 aliphatic rings. The van der Waals surface area contributed by atoms with E-state index in [1.807, 2.05) is 44.2 Å². The van der Waals surface area contributed by atoms with E-state index >= 15 is 0 Å². The number of carbonyl (C=O) groups is 1. The third kappa shape index (κ3) is 4.59. The number of benzene rings is 1. The molecular formula is C15H22O2. The van der Waals surface area contributed by atoms with E-state index in [0.29, 0.717) is 0 Å². The minimum absolute atomic E-state index is 0.0460. The van der Waals surface area contributed by atoms with Crippen LogP contribution in [0.2, 0.25) is 0 Å². The van der Waals surface area contributed by atoms with E-state index in [2.05, 4.69) is 6.92 Å². The number of rotatable bonds is 6. The topological polar surface area (TPSA) is 26.3 Å². The van der Waals surface area contributed by atoms with Crippen molar-refractivity contribution in [3.8, 4) is 0 Å². The van der Waals surface area contributed by atoms with Crippen LogP contribution in [-0.2, 0) is 9.53 Å². The highest BCUT2D eigenvalue weighted by molar-refractivity contribution is 5.78. The molecule has 0 spiro atoms. The van der Waals surface area contributed by atoms with E-state index in [-0.39, 0.29) is 18.0 Å². The predicted octanol–water partition coefficient (Wildman–Crippen LogP) is 3.91. The normalized spacial score (nSPS) is 12.5. The van der Waals surface area contributed by atoms with Crippen LogP contribution >= 0.6 is 0 Å². The molecule has 0 aromatic heterocycles. The number of carbonyl (C=O) groups excluding carboxylic acids is 1. The number of hydrogen-bond donors (Lipinski definition) is 0. The highest BCUT2D eigenvalue weighted by atomic mass is 16.5. The molecule has 0 saturated heterocycles. The lowest BCUT2D eigenvalue weighted by atomic mass is 9.94. The maximum absolute atomic E-state index is 12.0. The molecule has 1 unspecified atom stereocenters. The Balaban J connectivity index is 2.76. The summed E-state index contributed by atoms with van der Waals surface area (Å²) in [6, 6.07) is 9.91. The Kier molecular flexibility index (Phi) is 5.75. The zero-order valence-electron chi connectivity index (χ0n) is 11.0. The van der Waals surface area contributed by atoms with Gasteiger partial charge in [0.25, 0.3) is 0 Å². The van der Waals surface area contributed by atoms with Gasteiger partial charge in [0.15, 0.2) is 0 Å². The number of hydrogen-bond acceptors (Lipinski definition) is 2. The summed E-state index contributed by atoms with van der Waals surface area (Å²) in [7, 11) is 0. The Morgan fingerprint density at radius 1 is 1.24 bits per heavy atom. The second-order valence-electron chi connectivity index (χ2n) is 4.59. The molecule has 1 aromatic rings. The summed E-state index contributed by atoms with van der Waals surface area (Å²) < 4.78 is 5.32. The van der Waals surface area contributed by atoms with Crippen molar-refractivity contribution in [3.63, 3.8) is 0 Å². The van der Waals surface area contributed by atoms with Gasteiger partial charge in [0, 0.05) is 0 Å². The van der Waals surface area contributed by atoms with Gasteiger partial charge in [-0.2, -0.15) is 0 Å². The third-order valence-electron chi connectivity index (χ3n) is 2.68. The molecule has 0 radical (unpaired) electrons. The maximum atomic E-state index is 12.0. The summed E-state index contributed by atoms with van der Waals surface area (Å²) in [6.07, 6.45) is 2.97. The fourth-order valence-electron chi connectivity index (χ4n) is 1.83. The molecule has 0 amide bonds. The first-order valence-electron chi connectivity index (χ1n) is 6.40. The van der Waals surface area contributed by atoms with Crippen molar-refractivity contribution in [1.82, 2.24) is 0 Å². The first-order valence-corrected chi connectivity index (χ1v) is 6.40. The molecule has 2 heteroatoms. The summed E-state index contributed by atoms with van der Waals surface area (Å²) in [6.45, 7) is 5.91. The quantitative estimate of drug-likeness (QED) is 0.697. The first-order chi connectivity index (χ1) is 8.15. The Hall–Kier alpha value is -1.31. The molecule has 0 N–H and O–H groups in total. The summed E-state index contributed by atoms with van der Waals surface area (Å²) in [5, 5.41) is 0. The van der Waals surface area contributed by atoms with Crippen LogP contribution in [0.15, 0.2) is 30.3 Å². The molecule has 17 heavy (non-hydrogen) atoms. The van der Waals surface area contributed by atoms with Crippen LogP contribution in [-0.4, -0.2) is 12.1 Å². The summed E-state index contributed by atoms with van der Waals surface area (Å²) in [5.41, 5.74) is 1.06. The summed E-state index contributed by atoms with van der Waals surface area (Å²) in [5.74, 6) is -0.210. The SMILES string of the molecule is CCCCC(C(=O)OC(C)C)c1ccccc1. The number of esters is 1. The smallest absolute Gasteiger partial charge is 0.313 e. The Bertz CT molecular complexity index is 330. The van der Waals surface area contributed by atoms with Crippen LogP contribution < -0.4 is 0 Å². The number of ether oxygens (including phenoxy) is 1. The van der Waals surface area contributed by atoms with Crippen LogP contribution in [0.3, 0.4) is 0 Å². The van der Waals surface area contributed by atoms with Crippen LogP contribution in [0, 0.1) is 0 Å². The van der Waals surface area contributed by atoms with Gasteiger partial charge in [-0.3, -0.25) is 4.79 Å². The molecule has 1 atom stereocenters. The molecule has 0 aliphatic heterocycles. The van der Waals surface area contributed by atoms with E-state index in [9.17, 15) is 4.79 Å². The average Bonchev–Trinajstić information content (AvgIpc) is 2.30. The fraction of sp³-hybridized carbons (Fsp3) is 0.533. The Labute approximate surface area is 104 Å². The van der Waals surface area contributed by atoms with E-state index < -0.39 is 0 Å². The standard InChI is InChI=1S/C15H22O2/c1-4-5-11-14(15(16)17-12(2)3)13-9-7-6-8-10-13/h6-10,12,14H,4-5,11H2,1-3H3. The molecule has 1 rings (SSSR count). The molecule has 0 heterocycles. The average molecular weight is 234 g/mol. The highest BCUT2D eigenvalue weighted by Gasteiger charge is 2.22. The van der Waals surface area contributed by atoms with Crippen molar-refractivity contribution < 1.29 is 9.53 Å². The summed E-state index contributed by atoms with van der Waals surface area (Å²) in [4.78, 5) is 12.0. The van der Waals surface area contributed by atoms with Crippen molar-refractivity contribution in [2.75, 3.05) is 0 Å². The van der Waals surface area contributed by atoms with E-state index in [4.69, 9.17) is 4.74 Å². The lowest BCUT2D eigenvalue weighted by molar-refractivity contribution is -0.149. The van der Waals surface area contributed by atoms with Gasteiger partial charge in [-0.1, -0.05) is 50.1 Å². The Morgan fingerprint density at radius 2 is 1.88 bits per heavy atom. The Morgan fingerprint density at radius 3 is 2.41 bits per heavy atom. The second-order valence-corrected chi connectivity index (χ2v) is 4.59. The highest BCUT2D eigenvalue weighted by Crippen LogP contribution is 2.24. The minimum Gasteiger partial charge on any atom is -0.463 e. The number of unbranched alkanes of at least 4 members (excludes halogenated alkanes) is 1. The van der Waals surface area contributed by atoms with Gasteiger partial charge in [-0.15, -0.1) is 0 Å². The predicted molar refractivity (Wildman–Crippen MR) is 69.9 cm³/mol. The molecule has 0 aliphatic carbocycles. The van der Waals surface area contributed by atoms with Crippen LogP contribution in [0.4, 0.5) is 0 Å². The lowest BCUT2D eigenvalue weighted by Gasteiger charge is -2.17. The molecule has 0 bridgehead atoms. The monoisotopic (exact) mass is 234 g/mol. The van der Waals surface area contributed by atoms with Crippen molar-refractivity contribution >= 4 is 5.97 Å². The fourth-order valence-corrected chi connectivity index (χ4v) is 1.83. The molecule has 94 valence electrons. The maximum Gasteiger partial charge on any atom is 0.313 e. The van der Waals surface area contributed by atoms with Gasteiger partial charge in [-0.05, 0) is 25.8 Å². The van der Waals surface area contributed by atoms with Gasteiger partial charge in [0.1, 0.15) is 0 Å². The van der Waals surface area contributed by atoms with Gasteiger partial charge in [0.2, 0.25) is 0 Å². The van der Waals surface area contributed by atoms with Crippen LogP contribution in [0.25, 0.3) is 0 Å². The van der Waals surface area contributed by atoms with Gasteiger partial charge in [-0.25, -0.2) is 0 Å². The molecule has 0 saturated carbocycles. The van der Waals surface area contributed by atoms with E-state index in [1.165, 1.54) is 0 Å². The second kappa shape index (κ2) is 7.10.